The third-order valence-electron chi connectivity index (χ3n) is 5.45. The highest BCUT2D eigenvalue weighted by molar-refractivity contribution is 4.88. The molecule has 0 saturated heterocycles. The van der Waals surface area contributed by atoms with E-state index in [-0.39, 0.29) is 6.10 Å². The van der Waals surface area contributed by atoms with Crippen LogP contribution in [0.3, 0.4) is 0 Å². The Hall–Kier alpha value is -0.0800. The minimum atomic E-state index is -0.0175. The Kier molecular flexibility index (Phi) is 4.25. The number of aliphatic hydroxyl groups is 1. The van der Waals surface area contributed by atoms with Crippen molar-refractivity contribution < 1.29 is 5.11 Å². The molecule has 0 radical (unpaired) electrons. The van der Waals surface area contributed by atoms with Crippen LogP contribution in [0.15, 0.2) is 0 Å². The molecule has 3 rings (SSSR count). The fourth-order valence-corrected chi connectivity index (χ4v) is 4.19. The molecule has 0 aromatic rings. The Balaban J connectivity index is 1.39. The van der Waals surface area contributed by atoms with E-state index in [0.29, 0.717) is 0 Å². The molecule has 3 aliphatic carbocycles. The SMILES string of the molecule is OC1CCCC(CNC2CCCC(C3CC3)C2)C1. The minimum absolute atomic E-state index is 0.0175. The topological polar surface area (TPSA) is 32.3 Å². The van der Waals surface area contributed by atoms with Gasteiger partial charge in [-0.3, -0.25) is 0 Å². The highest BCUT2D eigenvalue weighted by Crippen LogP contribution is 2.43. The van der Waals surface area contributed by atoms with E-state index >= 15 is 0 Å². The summed E-state index contributed by atoms with van der Waals surface area (Å²) in [6.45, 7) is 1.15. The van der Waals surface area contributed by atoms with Gasteiger partial charge in [0.15, 0.2) is 0 Å². The summed E-state index contributed by atoms with van der Waals surface area (Å²) in [5.74, 6) is 2.86. The van der Waals surface area contributed by atoms with E-state index < -0.39 is 0 Å². The zero-order valence-electron chi connectivity index (χ0n) is 11.6. The van der Waals surface area contributed by atoms with E-state index in [0.717, 1.165) is 43.2 Å². The molecule has 4 unspecified atom stereocenters. The molecule has 0 heterocycles. The van der Waals surface area contributed by atoms with Gasteiger partial charge >= 0.3 is 0 Å². The first-order valence-electron chi connectivity index (χ1n) is 8.22. The van der Waals surface area contributed by atoms with E-state index in [1.807, 2.05) is 0 Å². The molecule has 18 heavy (non-hydrogen) atoms. The van der Waals surface area contributed by atoms with Crippen LogP contribution in [0.4, 0.5) is 0 Å². The summed E-state index contributed by atoms with van der Waals surface area (Å²) >= 11 is 0. The van der Waals surface area contributed by atoms with Crippen LogP contribution in [-0.2, 0) is 0 Å². The molecule has 3 saturated carbocycles. The lowest BCUT2D eigenvalue weighted by Gasteiger charge is -2.32. The fourth-order valence-electron chi connectivity index (χ4n) is 4.19. The van der Waals surface area contributed by atoms with Crippen LogP contribution < -0.4 is 5.32 Å². The number of aliphatic hydroxyl groups excluding tert-OH is 1. The van der Waals surface area contributed by atoms with Gasteiger partial charge in [0.1, 0.15) is 0 Å². The van der Waals surface area contributed by atoms with E-state index in [9.17, 15) is 5.11 Å². The van der Waals surface area contributed by atoms with Crippen molar-refractivity contribution in [2.75, 3.05) is 6.54 Å². The second kappa shape index (κ2) is 5.92. The summed E-state index contributed by atoms with van der Waals surface area (Å²) < 4.78 is 0. The minimum Gasteiger partial charge on any atom is -0.393 e. The Bertz CT molecular complexity index is 264. The van der Waals surface area contributed by atoms with Crippen LogP contribution in [0.1, 0.15) is 64.2 Å². The first-order valence-corrected chi connectivity index (χ1v) is 8.22. The highest BCUT2D eigenvalue weighted by Gasteiger charge is 2.34. The predicted octanol–water partition coefficient (Wildman–Crippen LogP) is 3.10. The molecule has 0 aromatic carbocycles. The Morgan fingerprint density at radius 2 is 1.67 bits per heavy atom. The standard InChI is InChI=1S/C16H29NO/c18-16-6-1-3-12(9-16)11-17-15-5-2-4-14(10-15)13-7-8-13/h12-18H,1-11H2. The Labute approximate surface area is 112 Å². The molecule has 3 fully saturated rings. The van der Waals surface area contributed by atoms with Crippen molar-refractivity contribution in [2.24, 2.45) is 17.8 Å². The van der Waals surface area contributed by atoms with Crippen LogP contribution in [0.2, 0.25) is 0 Å². The van der Waals surface area contributed by atoms with E-state index in [4.69, 9.17) is 0 Å². The van der Waals surface area contributed by atoms with Gasteiger partial charge in [0.25, 0.3) is 0 Å². The molecule has 104 valence electrons. The van der Waals surface area contributed by atoms with Crippen molar-refractivity contribution in [1.29, 1.82) is 0 Å². The molecule has 2 heteroatoms. The second-order valence-electron chi connectivity index (χ2n) is 7.06. The predicted molar refractivity (Wildman–Crippen MR) is 74.4 cm³/mol. The second-order valence-corrected chi connectivity index (χ2v) is 7.06. The van der Waals surface area contributed by atoms with Gasteiger partial charge in [0, 0.05) is 6.04 Å². The summed E-state index contributed by atoms with van der Waals surface area (Å²) in [7, 11) is 0. The van der Waals surface area contributed by atoms with Gasteiger partial charge in [-0.05, 0) is 69.2 Å². The van der Waals surface area contributed by atoms with Crippen LogP contribution in [0, 0.1) is 17.8 Å². The van der Waals surface area contributed by atoms with Crippen molar-refractivity contribution in [3.05, 3.63) is 0 Å². The molecule has 0 spiro atoms. The molecule has 0 bridgehead atoms. The maximum Gasteiger partial charge on any atom is 0.0543 e. The number of nitrogens with one attached hydrogen (secondary N) is 1. The summed E-state index contributed by atoms with van der Waals surface area (Å²) in [6, 6.07) is 0.781. The molecule has 0 aliphatic heterocycles. The smallest absolute Gasteiger partial charge is 0.0543 e. The van der Waals surface area contributed by atoms with Crippen LogP contribution >= 0.6 is 0 Å². The monoisotopic (exact) mass is 251 g/mol. The van der Waals surface area contributed by atoms with Gasteiger partial charge in [0.05, 0.1) is 6.10 Å². The van der Waals surface area contributed by atoms with Crippen molar-refractivity contribution in [1.82, 2.24) is 5.32 Å². The normalized spacial score (nSPS) is 41.8. The van der Waals surface area contributed by atoms with E-state index in [1.165, 1.54) is 51.4 Å². The molecular formula is C16H29NO. The van der Waals surface area contributed by atoms with Crippen molar-refractivity contribution in [3.63, 3.8) is 0 Å². The summed E-state index contributed by atoms with van der Waals surface area (Å²) in [5, 5.41) is 13.5. The van der Waals surface area contributed by atoms with Crippen molar-refractivity contribution in [3.8, 4) is 0 Å². The van der Waals surface area contributed by atoms with Gasteiger partial charge in [-0.25, -0.2) is 0 Å². The number of hydrogen-bond donors (Lipinski definition) is 2. The Morgan fingerprint density at radius 3 is 2.44 bits per heavy atom. The third-order valence-corrected chi connectivity index (χ3v) is 5.45. The largest absolute Gasteiger partial charge is 0.393 e. The molecule has 3 aliphatic rings. The molecule has 0 amide bonds. The van der Waals surface area contributed by atoms with Crippen LogP contribution in [-0.4, -0.2) is 23.8 Å². The van der Waals surface area contributed by atoms with Gasteiger partial charge in [-0.2, -0.15) is 0 Å². The molecule has 2 N–H and O–H groups in total. The fraction of sp³-hybridized carbons (Fsp3) is 1.00. The van der Waals surface area contributed by atoms with Gasteiger partial charge in [-0.15, -0.1) is 0 Å². The summed E-state index contributed by atoms with van der Waals surface area (Å²) in [4.78, 5) is 0. The maximum absolute atomic E-state index is 9.71. The lowest BCUT2D eigenvalue weighted by Crippen LogP contribution is -2.39. The zero-order chi connectivity index (χ0) is 12.4. The maximum atomic E-state index is 9.71. The lowest BCUT2D eigenvalue weighted by atomic mass is 9.82. The molecule has 2 nitrogen and oxygen atoms in total. The Morgan fingerprint density at radius 1 is 0.833 bits per heavy atom. The number of hydrogen-bond acceptors (Lipinski definition) is 2. The molecular weight excluding hydrogens is 222 g/mol. The van der Waals surface area contributed by atoms with Gasteiger partial charge in [-0.1, -0.05) is 19.3 Å². The average Bonchev–Trinajstić information content (AvgIpc) is 3.21. The van der Waals surface area contributed by atoms with Gasteiger partial charge in [0.2, 0.25) is 0 Å². The average molecular weight is 251 g/mol. The quantitative estimate of drug-likeness (QED) is 0.804. The third kappa shape index (κ3) is 3.48. The van der Waals surface area contributed by atoms with Crippen molar-refractivity contribution in [2.45, 2.75) is 76.4 Å². The summed E-state index contributed by atoms with van der Waals surface area (Å²) in [6.07, 6.45) is 13.4. The zero-order valence-corrected chi connectivity index (χ0v) is 11.6. The highest BCUT2D eigenvalue weighted by atomic mass is 16.3. The lowest BCUT2D eigenvalue weighted by molar-refractivity contribution is 0.0981. The summed E-state index contributed by atoms with van der Waals surface area (Å²) in [5.41, 5.74) is 0. The molecule has 0 aromatic heterocycles. The van der Waals surface area contributed by atoms with Crippen LogP contribution in [0.25, 0.3) is 0 Å². The number of rotatable bonds is 4. The van der Waals surface area contributed by atoms with E-state index in [2.05, 4.69) is 5.32 Å². The van der Waals surface area contributed by atoms with Crippen molar-refractivity contribution >= 4 is 0 Å². The van der Waals surface area contributed by atoms with Crippen LogP contribution in [0.5, 0.6) is 0 Å². The van der Waals surface area contributed by atoms with E-state index in [1.54, 1.807) is 0 Å². The molecule has 4 atom stereocenters. The first kappa shape index (κ1) is 12.9. The first-order chi connectivity index (χ1) is 8.81. The van der Waals surface area contributed by atoms with Gasteiger partial charge < -0.3 is 10.4 Å².